The highest BCUT2D eigenvalue weighted by molar-refractivity contribution is 5.02. The zero-order valence-corrected chi connectivity index (χ0v) is 9.48. The topological polar surface area (TPSA) is 41.3 Å². The molecule has 1 N–H and O–H groups in total. The van der Waals surface area contributed by atoms with E-state index in [1.54, 1.807) is 6.20 Å². The summed E-state index contributed by atoms with van der Waals surface area (Å²) in [6.07, 6.45) is 4.43. The third-order valence-corrected chi connectivity index (χ3v) is 3.29. The van der Waals surface area contributed by atoms with Gasteiger partial charge in [-0.3, -0.25) is 4.68 Å². The van der Waals surface area contributed by atoms with Crippen LogP contribution in [0.15, 0.2) is 12.3 Å². The maximum Gasteiger partial charge on any atom is 0.0789 e. The predicted molar refractivity (Wildman–Crippen MR) is 58.6 cm³/mol. The summed E-state index contributed by atoms with van der Waals surface area (Å²) in [7, 11) is 4.00. The first-order valence-corrected chi connectivity index (χ1v) is 5.47. The second-order valence-electron chi connectivity index (χ2n) is 4.66. The molecule has 0 aliphatic carbocycles. The Balaban J connectivity index is 1.91. The van der Waals surface area contributed by atoms with Crippen molar-refractivity contribution in [3.05, 3.63) is 18.0 Å². The highest BCUT2D eigenvalue weighted by Gasteiger charge is 2.33. The molecule has 1 aromatic rings. The Bertz CT molecular complexity index is 336. The Morgan fingerprint density at radius 3 is 2.87 bits per heavy atom. The molecule has 84 valence electrons. The summed E-state index contributed by atoms with van der Waals surface area (Å²) in [5.41, 5.74) is 0.705. The fourth-order valence-electron chi connectivity index (χ4n) is 2.27. The molecule has 1 fully saturated rings. The lowest BCUT2D eigenvalue weighted by atomic mass is 9.96. The van der Waals surface area contributed by atoms with Gasteiger partial charge < -0.3 is 10.0 Å². The van der Waals surface area contributed by atoms with Crippen LogP contribution >= 0.6 is 0 Å². The number of hydrogen-bond donors (Lipinski definition) is 1. The quantitative estimate of drug-likeness (QED) is 0.784. The SMILES string of the molecule is CN1CCC(O)(CCc2ccnn2C)C1. The Labute approximate surface area is 90.5 Å². The molecule has 1 saturated heterocycles. The lowest BCUT2D eigenvalue weighted by Gasteiger charge is -2.22. The summed E-state index contributed by atoms with van der Waals surface area (Å²) in [5, 5.41) is 14.4. The zero-order valence-electron chi connectivity index (χ0n) is 9.48. The van der Waals surface area contributed by atoms with Crippen molar-refractivity contribution in [1.82, 2.24) is 14.7 Å². The van der Waals surface area contributed by atoms with Crippen LogP contribution in [0.1, 0.15) is 18.5 Å². The minimum atomic E-state index is -0.487. The zero-order chi connectivity index (χ0) is 10.9. The van der Waals surface area contributed by atoms with Gasteiger partial charge in [0.15, 0.2) is 0 Å². The molecule has 2 rings (SSSR count). The molecule has 15 heavy (non-hydrogen) atoms. The van der Waals surface area contributed by atoms with Crippen molar-refractivity contribution in [1.29, 1.82) is 0 Å². The summed E-state index contributed by atoms with van der Waals surface area (Å²) in [5.74, 6) is 0. The minimum absolute atomic E-state index is 0.487. The largest absolute Gasteiger partial charge is 0.388 e. The van der Waals surface area contributed by atoms with Gasteiger partial charge in [0.25, 0.3) is 0 Å². The molecular weight excluding hydrogens is 190 g/mol. The maximum absolute atomic E-state index is 10.3. The van der Waals surface area contributed by atoms with E-state index in [1.807, 2.05) is 17.8 Å². The van der Waals surface area contributed by atoms with Gasteiger partial charge in [0.1, 0.15) is 0 Å². The van der Waals surface area contributed by atoms with Crippen molar-refractivity contribution in [2.75, 3.05) is 20.1 Å². The standard InChI is InChI=1S/C11H19N3O/c1-13-8-6-11(15,9-13)5-3-10-4-7-12-14(10)2/h4,7,15H,3,5-6,8-9H2,1-2H3. The van der Waals surface area contributed by atoms with E-state index in [0.717, 1.165) is 32.4 Å². The van der Waals surface area contributed by atoms with Crippen LogP contribution < -0.4 is 0 Å². The van der Waals surface area contributed by atoms with Crippen LogP contribution in [0, 0.1) is 0 Å². The predicted octanol–water partition coefficient (Wildman–Crippen LogP) is 0.419. The molecule has 0 aromatic carbocycles. The summed E-state index contributed by atoms with van der Waals surface area (Å²) in [4.78, 5) is 2.18. The number of nitrogens with zero attached hydrogens (tertiary/aromatic N) is 3. The van der Waals surface area contributed by atoms with E-state index in [1.165, 1.54) is 5.69 Å². The van der Waals surface area contributed by atoms with Gasteiger partial charge in [-0.05, 0) is 32.4 Å². The molecule has 0 saturated carbocycles. The number of rotatable bonds is 3. The van der Waals surface area contributed by atoms with E-state index >= 15 is 0 Å². The van der Waals surface area contributed by atoms with Gasteiger partial charge in [-0.25, -0.2) is 0 Å². The van der Waals surface area contributed by atoms with Gasteiger partial charge in [-0.1, -0.05) is 0 Å². The van der Waals surface area contributed by atoms with E-state index in [0.29, 0.717) is 0 Å². The first kappa shape index (κ1) is 10.6. The monoisotopic (exact) mass is 209 g/mol. The normalized spacial score (nSPS) is 27.4. The van der Waals surface area contributed by atoms with Crippen LogP contribution in [0.3, 0.4) is 0 Å². The third-order valence-electron chi connectivity index (χ3n) is 3.29. The van der Waals surface area contributed by atoms with Crippen LogP contribution in [0.4, 0.5) is 0 Å². The number of aryl methyl sites for hydroxylation is 2. The average molecular weight is 209 g/mol. The van der Waals surface area contributed by atoms with Crippen molar-refractivity contribution in [2.45, 2.75) is 24.9 Å². The van der Waals surface area contributed by atoms with E-state index in [9.17, 15) is 5.11 Å². The maximum atomic E-state index is 10.3. The van der Waals surface area contributed by atoms with Crippen LogP contribution in [0.5, 0.6) is 0 Å². The Kier molecular flexibility index (Phi) is 2.80. The van der Waals surface area contributed by atoms with Gasteiger partial charge in [0.2, 0.25) is 0 Å². The average Bonchev–Trinajstić information content (AvgIpc) is 2.71. The van der Waals surface area contributed by atoms with Crippen LogP contribution in [-0.4, -0.2) is 45.5 Å². The molecule has 0 bridgehead atoms. The molecule has 4 heteroatoms. The van der Waals surface area contributed by atoms with Gasteiger partial charge >= 0.3 is 0 Å². The highest BCUT2D eigenvalue weighted by Crippen LogP contribution is 2.25. The Morgan fingerprint density at radius 1 is 1.53 bits per heavy atom. The number of hydrogen-bond acceptors (Lipinski definition) is 3. The van der Waals surface area contributed by atoms with Crippen LogP contribution in [0.2, 0.25) is 0 Å². The first-order chi connectivity index (χ1) is 7.09. The second kappa shape index (κ2) is 3.94. The number of aliphatic hydroxyl groups is 1. The lowest BCUT2D eigenvalue weighted by Crippen LogP contribution is -2.32. The Morgan fingerprint density at radius 2 is 2.33 bits per heavy atom. The fourth-order valence-corrected chi connectivity index (χ4v) is 2.27. The molecule has 0 radical (unpaired) electrons. The minimum Gasteiger partial charge on any atom is -0.388 e. The molecule has 1 atom stereocenters. The number of likely N-dealkylation sites (N-methyl/N-ethyl adjacent to an activating group) is 1. The van der Waals surface area contributed by atoms with Gasteiger partial charge in [0, 0.05) is 32.0 Å². The van der Waals surface area contributed by atoms with Crippen LogP contribution in [-0.2, 0) is 13.5 Å². The first-order valence-electron chi connectivity index (χ1n) is 5.47. The fraction of sp³-hybridized carbons (Fsp3) is 0.727. The van der Waals surface area contributed by atoms with Gasteiger partial charge in [0.05, 0.1) is 5.60 Å². The number of aromatic nitrogens is 2. The molecule has 1 unspecified atom stereocenters. The molecule has 1 aromatic heterocycles. The van der Waals surface area contributed by atoms with Crippen molar-refractivity contribution < 1.29 is 5.11 Å². The molecule has 2 heterocycles. The summed E-state index contributed by atoms with van der Waals surface area (Å²) in [6.45, 7) is 1.80. The van der Waals surface area contributed by atoms with Crippen molar-refractivity contribution in [3.8, 4) is 0 Å². The molecular formula is C11H19N3O. The molecule has 0 amide bonds. The van der Waals surface area contributed by atoms with Crippen molar-refractivity contribution in [3.63, 3.8) is 0 Å². The summed E-state index contributed by atoms with van der Waals surface area (Å²) >= 11 is 0. The molecule has 4 nitrogen and oxygen atoms in total. The summed E-state index contributed by atoms with van der Waals surface area (Å²) < 4.78 is 1.88. The Hall–Kier alpha value is -0.870. The van der Waals surface area contributed by atoms with Crippen molar-refractivity contribution >= 4 is 0 Å². The van der Waals surface area contributed by atoms with E-state index in [4.69, 9.17) is 0 Å². The van der Waals surface area contributed by atoms with Gasteiger partial charge in [-0.15, -0.1) is 0 Å². The van der Waals surface area contributed by atoms with E-state index < -0.39 is 5.60 Å². The molecule has 1 aliphatic rings. The van der Waals surface area contributed by atoms with Crippen molar-refractivity contribution in [2.24, 2.45) is 7.05 Å². The second-order valence-corrected chi connectivity index (χ2v) is 4.66. The lowest BCUT2D eigenvalue weighted by molar-refractivity contribution is 0.0430. The van der Waals surface area contributed by atoms with Crippen LogP contribution in [0.25, 0.3) is 0 Å². The van der Waals surface area contributed by atoms with E-state index in [2.05, 4.69) is 17.0 Å². The van der Waals surface area contributed by atoms with Gasteiger partial charge in [-0.2, -0.15) is 5.10 Å². The number of β-amino-alcohol motifs (C(OH)–C–C–N with tert-alkyl or cyclic N) is 1. The smallest absolute Gasteiger partial charge is 0.0789 e. The summed E-state index contributed by atoms with van der Waals surface area (Å²) in [6, 6.07) is 2.02. The molecule has 1 aliphatic heterocycles. The highest BCUT2D eigenvalue weighted by atomic mass is 16.3. The third kappa shape index (κ3) is 2.38. The number of likely N-dealkylation sites (tertiary alicyclic amines) is 1. The van der Waals surface area contributed by atoms with E-state index in [-0.39, 0.29) is 0 Å². The molecule has 0 spiro atoms.